The molecular formula is C27H31BrN6O2S2. The van der Waals surface area contributed by atoms with Crippen LogP contribution in [0.25, 0.3) is 21.3 Å². The number of benzene rings is 2. The molecule has 0 unspecified atom stereocenters. The lowest BCUT2D eigenvalue weighted by Crippen LogP contribution is -2.47. The van der Waals surface area contributed by atoms with E-state index in [9.17, 15) is 8.42 Å². The van der Waals surface area contributed by atoms with E-state index in [1.807, 2.05) is 24.3 Å². The summed E-state index contributed by atoms with van der Waals surface area (Å²) in [7, 11) is -3.26. The van der Waals surface area contributed by atoms with Crippen LogP contribution < -0.4 is 4.90 Å². The number of nitrogens with zero attached hydrogens (tertiary/aromatic N) is 6. The smallest absolute Gasteiger partial charge is 0.211 e. The number of sulfonamides is 1. The lowest BCUT2D eigenvalue weighted by molar-refractivity contribution is 0.248. The highest BCUT2D eigenvalue weighted by Gasteiger charge is 2.30. The molecule has 11 heteroatoms. The fourth-order valence-corrected chi connectivity index (χ4v) is 7.35. The molecule has 2 aliphatic heterocycles. The van der Waals surface area contributed by atoms with Gasteiger partial charge in [-0.3, -0.25) is 9.58 Å². The van der Waals surface area contributed by atoms with Crippen LogP contribution in [0.15, 0.2) is 53.0 Å². The van der Waals surface area contributed by atoms with Gasteiger partial charge in [-0.2, -0.15) is 13.8 Å². The van der Waals surface area contributed by atoms with Crippen molar-refractivity contribution in [1.29, 1.82) is 0 Å². The Morgan fingerprint density at radius 2 is 1.74 bits per heavy atom. The number of aromatic nitrogens is 3. The Bertz CT molecular complexity index is 1540. The van der Waals surface area contributed by atoms with Crippen molar-refractivity contribution < 1.29 is 8.42 Å². The molecule has 6 rings (SSSR count). The van der Waals surface area contributed by atoms with E-state index in [1.165, 1.54) is 22.0 Å². The van der Waals surface area contributed by atoms with Crippen molar-refractivity contribution in [3.05, 3.63) is 64.3 Å². The maximum absolute atomic E-state index is 12.3. The van der Waals surface area contributed by atoms with E-state index < -0.39 is 10.0 Å². The van der Waals surface area contributed by atoms with E-state index >= 15 is 0 Å². The second-order valence-electron chi connectivity index (χ2n) is 10.0. The summed E-state index contributed by atoms with van der Waals surface area (Å²) in [6, 6.07) is 16.6. The third kappa shape index (κ3) is 5.27. The van der Waals surface area contributed by atoms with Gasteiger partial charge in [-0.25, -0.2) is 8.42 Å². The Labute approximate surface area is 236 Å². The fraction of sp³-hybridized carbons (Fsp3) is 0.407. The molecule has 0 spiro atoms. The highest BCUT2D eigenvalue weighted by molar-refractivity contribution is 9.10. The third-order valence-electron chi connectivity index (χ3n) is 7.56. The van der Waals surface area contributed by atoms with Crippen molar-refractivity contribution in [3.8, 4) is 11.3 Å². The molecule has 4 heterocycles. The summed E-state index contributed by atoms with van der Waals surface area (Å²) >= 11 is 5.09. The SMILES string of the molecule is CS(=O)(=O)N1CCc2c(c(-c3ccc(Br)cc3)nn2CCCN2CCN(c3nsc4ccccc34)CC2)C1. The molecule has 1 fully saturated rings. The minimum Gasteiger partial charge on any atom is -0.353 e. The zero-order chi connectivity index (χ0) is 26.3. The van der Waals surface area contributed by atoms with Crippen LogP contribution in [0.2, 0.25) is 0 Å². The first-order valence-corrected chi connectivity index (χ1v) is 16.4. The average Bonchev–Trinajstić information content (AvgIpc) is 3.51. The molecule has 0 atom stereocenters. The van der Waals surface area contributed by atoms with Crippen LogP contribution in [0.5, 0.6) is 0 Å². The van der Waals surface area contributed by atoms with E-state index in [1.54, 1.807) is 15.8 Å². The van der Waals surface area contributed by atoms with Gasteiger partial charge in [0.2, 0.25) is 10.0 Å². The van der Waals surface area contributed by atoms with Gasteiger partial charge in [0.25, 0.3) is 0 Å². The van der Waals surface area contributed by atoms with Gasteiger partial charge in [-0.15, -0.1) is 0 Å². The number of fused-ring (bicyclic) bond motifs is 2. The topological polar surface area (TPSA) is 74.6 Å². The zero-order valence-corrected chi connectivity index (χ0v) is 24.6. The molecule has 4 aromatic rings. The van der Waals surface area contributed by atoms with Crippen LogP contribution in [0.4, 0.5) is 5.82 Å². The van der Waals surface area contributed by atoms with E-state index in [2.05, 4.69) is 54.7 Å². The van der Waals surface area contributed by atoms with E-state index in [0.717, 1.165) is 72.8 Å². The Kier molecular flexibility index (Phi) is 7.30. The Morgan fingerprint density at radius 3 is 2.50 bits per heavy atom. The molecule has 2 aromatic heterocycles. The summed E-state index contributed by atoms with van der Waals surface area (Å²) in [6.07, 6.45) is 2.98. The summed E-state index contributed by atoms with van der Waals surface area (Å²) in [4.78, 5) is 4.94. The quantitative estimate of drug-likeness (QED) is 0.306. The Hall–Kier alpha value is -2.31. The molecule has 200 valence electrons. The van der Waals surface area contributed by atoms with Gasteiger partial charge in [-0.05, 0) is 42.2 Å². The minimum absolute atomic E-state index is 0.382. The Balaban J connectivity index is 1.12. The lowest BCUT2D eigenvalue weighted by atomic mass is 10.0. The van der Waals surface area contributed by atoms with Crippen LogP contribution in [0, 0.1) is 0 Å². The van der Waals surface area contributed by atoms with E-state index in [-0.39, 0.29) is 0 Å². The fourth-order valence-electron chi connectivity index (χ4n) is 5.50. The summed E-state index contributed by atoms with van der Waals surface area (Å²) < 4.78 is 35.3. The molecule has 0 bridgehead atoms. The lowest BCUT2D eigenvalue weighted by Gasteiger charge is -2.35. The number of halogens is 1. The number of hydrogen-bond donors (Lipinski definition) is 0. The molecule has 1 saturated heterocycles. The van der Waals surface area contributed by atoms with Crippen molar-refractivity contribution >= 4 is 53.4 Å². The van der Waals surface area contributed by atoms with Crippen LogP contribution >= 0.6 is 27.5 Å². The zero-order valence-electron chi connectivity index (χ0n) is 21.4. The molecule has 0 saturated carbocycles. The first-order chi connectivity index (χ1) is 18.4. The molecule has 2 aliphatic rings. The highest BCUT2D eigenvalue weighted by atomic mass is 79.9. The summed E-state index contributed by atoms with van der Waals surface area (Å²) in [5.74, 6) is 1.12. The largest absolute Gasteiger partial charge is 0.353 e. The van der Waals surface area contributed by atoms with Gasteiger partial charge in [0.15, 0.2) is 0 Å². The molecule has 0 radical (unpaired) electrons. The number of aryl methyl sites for hydroxylation is 1. The number of piperazine rings is 1. The average molecular weight is 616 g/mol. The Morgan fingerprint density at radius 1 is 0.974 bits per heavy atom. The van der Waals surface area contributed by atoms with Crippen LogP contribution in [0.1, 0.15) is 17.7 Å². The number of anilines is 1. The van der Waals surface area contributed by atoms with Gasteiger partial charge in [0.05, 0.1) is 16.6 Å². The maximum atomic E-state index is 12.3. The van der Waals surface area contributed by atoms with Crippen molar-refractivity contribution in [2.45, 2.75) is 25.9 Å². The monoisotopic (exact) mass is 614 g/mol. The second-order valence-corrected chi connectivity index (χ2v) is 13.7. The van der Waals surface area contributed by atoms with Crippen LogP contribution in [-0.2, 0) is 29.5 Å². The van der Waals surface area contributed by atoms with Crippen molar-refractivity contribution in [1.82, 2.24) is 23.4 Å². The summed E-state index contributed by atoms with van der Waals surface area (Å²) in [5.41, 5.74) is 4.12. The van der Waals surface area contributed by atoms with Crippen LogP contribution in [0.3, 0.4) is 0 Å². The molecule has 38 heavy (non-hydrogen) atoms. The van der Waals surface area contributed by atoms with Gasteiger partial charge >= 0.3 is 0 Å². The predicted octanol–water partition coefficient (Wildman–Crippen LogP) is 4.45. The summed E-state index contributed by atoms with van der Waals surface area (Å²) in [5, 5.41) is 6.27. The molecule has 0 amide bonds. The maximum Gasteiger partial charge on any atom is 0.211 e. The van der Waals surface area contributed by atoms with Gasteiger partial charge < -0.3 is 4.90 Å². The number of rotatable bonds is 7. The van der Waals surface area contributed by atoms with Crippen molar-refractivity contribution in [2.24, 2.45) is 0 Å². The van der Waals surface area contributed by atoms with Crippen molar-refractivity contribution in [2.75, 3.05) is 50.4 Å². The highest BCUT2D eigenvalue weighted by Crippen LogP contribution is 2.32. The first-order valence-electron chi connectivity index (χ1n) is 13.0. The van der Waals surface area contributed by atoms with E-state index in [0.29, 0.717) is 19.5 Å². The normalized spacial score (nSPS) is 17.3. The number of hydrogen-bond acceptors (Lipinski definition) is 7. The minimum atomic E-state index is -3.26. The second kappa shape index (κ2) is 10.7. The molecule has 8 nitrogen and oxygen atoms in total. The van der Waals surface area contributed by atoms with Crippen molar-refractivity contribution in [3.63, 3.8) is 0 Å². The van der Waals surface area contributed by atoms with Gasteiger partial charge in [0.1, 0.15) is 5.82 Å². The van der Waals surface area contributed by atoms with Crippen LogP contribution in [-0.4, -0.2) is 77.3 Å². The van der Waals surface area contributed by atoms with Gasteiger partial charge in [0, 0.05) is 85.5 Å². The standard InChI is InChI=1S/C27H31BrN6O2S2/c1-38(35,36)33-14-11-24-23(19-33)26(20-7-9-21(28)10-8-20)29-34(24)13-4-12-31-15-17-32(18-16-31)27-22-5-2-3-6-25(22)37-30-27/h2-3,5-10H,4,11-19H2,1H3. The predicted molar refractivity (Wildman–Crippen MR) is 157 cm³/mol. The third-order valence-corrected chi connectivity index (χ3v) is 10.2. The molecule has 2 aromatic carbocycles. The molecule has 0 N–H and O–H groups in total. The van der Waals surface area contributed by atoms with E-state index in [4.69, 9.17) is 9.47 Å². The molecule has 0 aliphatic carbocycles. The molecular weight excluding hydrogens is 584 g/mol. The van der Waals surface area contributed by atoms with Gasteiger partial charge in [-0.1, -0.05) is 40.2 Å². The first kappa shape index (κ1) is 25.9. The summed E-state index contributed by atoms with van der Waals surface area (Å²) in [6.45, 7) is 6.75.